The molecular formula is C49H34N2O. The Hall–Kier alpha value is -6.84. The number of para-hydroxylation sites is 2. The predicted molar refractivity (Wildman–Crippen MR) is 218 cm³/mol. The van der Waals surface area contributed by atoms with Crippen molar-refractivity contribution in [2.45, 2.75) is 6.92 Å². The second-order valence-corrected chi connectivity index (χ2v) is 13.5. The van der Waals surface area contributed by atoms with E-state index in [1.807, 2.05) is 12.1 Å². The minimum absolute atomic E-state index is 0.874. The molecule has 0 amide bonds. The molecule has 0 fully saturated rings. The number of benzene rings is 8. The molecule has 10 rings (SSSR count). The molecule has 10 aromatic rings. The van der Waals surface area contributed by atoms with Gasteiger partial charge in [-0.05, 0) is 102 Å². The zero-order chi connectivity index (χ0) is 34.6. The van der Waals surface area contributed by atoms with Gasteiger partial charge in [-0.2, -0.15) is 0 Å². The Morgan fingerprint density at radius 3 is 1.75 bits per heavy atom. The van der Waals surface area contributed by atoms with Gasteiger partial charge in [-0.15, -0.1) is 0 Å². The number of nitrogens with zero attached hydrogens (tertiary/aromatic N) is 2. The maximum Gasteiger partial charge on any atom is 0.137 e. The van der Waals surface area contributed by atoms with Crippen LogP contribution >= 0.6 is 0 Å². The Morgan fingerprint density at radius 1 is 0.423 bits per heavy atom. The summed E-state index contributed by atoms with van der Waals surface area (Å²) in [6, 6.07) is 67.3. The first-order chi connectivity index (χ1) is 25.7. The normalized spacial score (nSPS) is 11.6. The first-order valence-electron chi connectivity index (χ1n) is 17.8. The van der Waals surface area contributed by atoms with E-state index in [-0.39, 0.29) is 0 Å². The van der Waals surface area contributed by atoms with Crippen molar-refractivity contribution in [3.05, 3.63) is 194 Å². The lowest BCUT2D eigenvalue weighted by molar-refractivity contribution is 0.669. The molecule has 0 aliphatic rings. The van der Waals surface area contributed by atoms with Crippen LogP contribution in [0.1, 0.15) is 5.56 Å². The van der Waals surface area contributed by atoms with Gasteiger partial charge in [0.1, 0.15) is 11.2 Å². The van der Waals surface area contributed by atoms with Crippen LogP contribution in [0.15, 0.2) is 192 Å². The van der Waals surface area contributed by atoms with Crippen LogP contribution in [0, 0.1) is 6.92 Å². The average molecular weight is 667 g/mol. The number of aryl methyl sites for hydroxylation is 1. The number of rotatable bonds is 6. The number of fused-ring (bicyclic) bond motifs is 6. The largest absolute Gasteiger partial charge is 0.456 e. The molecule has 0 radical (unpaired) electrons. The lowest BCUT2D eigenvalue weighted by Gasteiger charge is -2.26. The average Bonchev–Trinajstić information content (AvgIpc) is 3.75. The molecule has 246 valence electrons. The van der Waals surface area contributed by atoms with E-state index in [0.717, 1.165) is 39.0 Å². The molecule has 52 heavy (non-hydrogen) atoms. The van der Waals surface area contributed by atoms with E-state index < -0.39 is 0 Å². The van der Waals surface area contributed by atoms with Gasteiger partial charge < -0.3 is 13.9 Å². The highest BCUT2D eigenvalue weighted by Gasteiger charge is 2.20. The summed E-state index contributed by atoms with van der Waals surface area (Å²) >= 11 is 0. The molecule has 0 spiro atoms. The second kappa shape index (κ2) is 12.2. The molecule has 0 bridgehead atoms. The Balaban J connectivity index is 1.09. The molecule has 0 saturated carbocycles. The summed E-state index contributed by atoms with van der Waals surface area (Å²) in [6.07, 6.45) is 0. The van der Waals surface area contributed by atoms with Crippen LogP contribution in [0.4, 0.5) is 17.1 Å². The topological polar surface area (TPSA) is 21.3 Å². The van der Waals surface area contributed by atoms with E-state index in [0.29, 0.717) is 0 Å². The van der Waals surface area contributed by atoms with Crippen LogP contribution in [0.2, 0.25) is 0 Å². The van der Waals surface area contributed by atoms with Gasteiger partial charge in [0.25, 0.3) is 0 Å². The molecule has 0 aliphatic heterocycles. The lowest BCUT2D eigenvalue weighted by Crippen LogP contribution is -2.10. The Morgan fingerprint density at radius 2 is 1.00 bits per heavy atom. The first-order valence-corrected chi connectivity index (χ1v) is 17.8. The fourth-order valence-electron chi connectivity index (χ4n) is 7.73. The number of aromatic nitrogens is 1. The van der Waals surface area contributed by atoms with Crippen LogP contribution < -0.4 is 4.90 Å². The summed E-state index contributed by atoms with van der Waals surface area (Å²) in [6.45, 7) is 2.13. The van der Waals surface area contributed by atoms with Gasteiger partial charge in [0, 0.05) is 33.2 Å². The Labute approximate surface area is 302 Å². The third kappa shape index (κ3) is 4.98. The second-order valence-electron chi connectivity index (χ2n) is 13.5. The molecule has 0 atom stereocenters. The van der Waals surface area contributed by atoms with Gasteiger partial charge in [0.2, 0.25) is 0 Å². The lowest BCUT2D eigenvalue weighted by atomic mass is 10.0. The molecule has 0 saturated heterocycles. The van der Waals surface area contributed by atoms with Crippen molar-refractivity contribution in [3.63, 3.8) is 0 Å². The van der Waals surface area contributed by atoms with Crippen LogP contribution in [-0.2, 0) is 0 Å². The third-order valence-corrected chi connectivity index (χ3v) is 10.3. The number of hydrogen-bond acceptors (Lipinski definition) is 2. The van der Waals surface area contributed by atoms with Crippen molar-refractivity contribution in [1.82, 2.24) is 4.57 Å². The zero-order valence-corrected chi connectivity index (χ0v) is 28.7. The Bertz CT molecular complexity index is 2880. The smallest absolute Gasteiger partial charge is 0.137 e. The van der Waals surface area contributed by atoms with E-state index in [2.05, 4.69) is 192 Å². The number of hydrogen-bond donors (Lipinski definition) is 0. The summed E-state index contributed by atoms with van der Waals surface area (Å²) in [4.78, 5) is 2.35. The maximum absolute atomic E-state index is 6.34. The summed E-state index contributed by atoms with van der Waals surface area (Å²) in [5.74, 6) is 0. The highest BCUT2D eigenvalue weighted by Crippen LogP contribution is 2.44. The van der Waals surface area contributed by atoms with Gasteiger partial charge >= 0.3 is 0 Å². The van der Waals surface area contributed by atoms with E-state index >= 15 is 0 Å². The highest BCUT2D eigenvalue weighted by molar-refractivity contribution is 6.13. The maximum atomic E-state index is 6.34. The van der Waals surface area contributed by atoms with Gasteiger partial charge in [0.15, 0.2) is 0 Å². The van der Waals surface area contributed by atoms with E-state index in [4.69, 9.17) is 4.42 Å². The molecule has 2 aromatic heterocycles. The highest BCUT2D eigenvalue weighted by atomic mass is 16.3. The third-order valence-electron chi connectivity index (χ3n) is 10.3. The van der Waals surface area contributed by atoms with Crippen molar-refractivity contribution in [2.24, 2.45) is 0 Å². The Kier molecular flexibility index (Phi) is 7.04. The fraction of sp³-hybridized carbons (Fsp3) is 0.0204. The minimum Gasteiger partial charge on any atom is -0.456 e. The van der Waals surface area contributed by atoms with E-state index in [9.17, 15) is 0 Å². The van der Waals surface area contributed by atoms with Crippen molar-refractivity contribution >= 4 is 60.8 Å². The number of furan rings is 1. The van der Waals surface area contributed by atoms with Crippen LogP contribution in [0.25, 0.3) is 71.7 Å². The molecule has 3 heteroatoms. The molecule has 0 unspecified atom stereocenters. The quantitative estimate of drug-likeness (QED) is 0.176. The van der Waals surface area contributed by atoms with Crippen molar-refractivity contribution in [2.75, 3.05) is 4.90 Å². The predicted octanol–water partition coefficient (Wildman–Crippen LogP) is 13.8. The van der Waals surface area contributed by atoms with Gasteiger partial charge in [0.05, 0.1) is 22.1 Å². The summed E-state index contributed by atoms with van der Waals surface area (Å²) in [7, 11) is 0. The van der Waals surface area contributed by atoms with Crippen molar-refractivity contribution in [3.8, 4) is 27.9 Å². The van der Waals surface area contributed by atoms with Crippen LogP contribution in [0.3, 0.4) is 0 Å². The minimum atomic E-state index is 0.874. The molecule has 8 aromatic carbocycles. The van der Waals surface area contributed by atoms with Gasteiger partial charge in [-0.1, -0.05) is 121 Å². The summed E-state index contributed by atoms with van der Waals surface area (Å²) in [5, 5.41) is 4.71. The SMILES string of the molecule is Cc1ccc(-n2c3ccccc3c3cc(-c4ccc(N(c5ccc(-c6ccccc6)cc5)c5cccc6oc7ccccc7c56)cc4)ccc32)cc1. The fourth-order valence-corrected chi connectivity index (χ4v) is 7.73. The molecule has 2 heterocycles. The summed E-state index contributed by atoms with van der Waals surface area (Å²) < 4.78 is 8.71. The van der Waals surface area contributed by atoms with E-state index in [1.165, 1.54) is 55.3 Å². The van der Waals surface area contributed by atoms with Crippen molar-refractivity contribution in [1.29, 1.82) is 0 Å². The molecule has 3 nitrogen and oxygen atoms in total. The summed E-state index contributed by atoms with van der Waals surface area (Å²) in [5.41, 5.74) is 14.6. The van der Waals surface area contributed by atoms with E-state index in [1.54, 1.807) is 0 Å². The standard InChI is InChI=1S/C49H34N2O/c1-33-18-25-40(26-19-33)51-44-14-7-5-12-41(44)43-32-37(24-31-45(43)51)36-22-29-39(30-23-36)50(38-27-20-35(21-28-38)34-10-3-2-4-11-34)46-15-9-17-48-49(46)42-13-6-8-16-47(42)52-48/h2-32H,1H3. The zero-order valence-electron chi connectivity index (χ0n) is 28.7. The molecule has 0 aliphatic carbocycles. The van der Waals surface area contributed by atoms with Crippen molar-refractivity contribution < 1.29 is 4.42 Å². The van der Waals surface area contributed by atoms with Crippen LogP contribution in [0.5, 0.6) is 0 Å². The monoisotopic (exact) mass is 666 g/mol. The number of anilines is 3. The van der Waals surface area contributed by atoms with Gasteiger partial charge in [-0.25, -0.2) is 0 Å². The first kappa shape index (κ1) is 30.0. The van der Waals surface area contributed by atoms with Crippen LogP contribution in [-0.4, -0.2) is 4.57 Å². The molecular weight excluding hydrogens is 633 g/mol. The molecule has 0 N–H and O–H groups in total. The van der Waals surface area contributed by atoms with Gasteiger partial charge in [-0.3, -0.25) is 0 Å².